The number of fused-ring (bicyclic) bond motifs is 5. The van der Waals surface area contributed by atoms with E-state index < -0.39 is 51.0 Å². The predicted molar refractivity (Wildman–Crippen MR) is 216 cm³/mol. The summed E-state index contributed by atoms with van der Waals surface area (Å²) in [6.45, 7) is 12.9. The maximum atomic E-state index is 14.3. The number of ether oxygens (including phenoxy) is 2. The average Bonchev–Trinajstić information content (AvgIpc) is 3.50. The molecule has 3 heterocycles. The van der Waals surface area contributed by atoms with Gasteiger partial charge in [0, 0.05) is 45.0 Å². The van der Waals surface area contributed by atoms with Crippen molar-refractivity contribution in [3.8, 4) is 0 Å². The minimum atomic E-state index is -1.17. The van der Waals surface area contributed by atoms with Crippen LogP contribution in [-0.4, -0.2) is 72.5 Å². The molecule has 8 unspecified atom stereocenters. The molecule has 11 heteroatoms. The van der Waals surface area contributed by atoms with Crippen molar-refractivity contribution >= 4 is 52.3 Å². The van der Waals surface area contributed by atoms with Crippen LogP contribution >= 0.6 is 23.4 Å². The van der Waals surface area contributed by atoms with E-state index >= 15 is 0 Å². The zero-order valence-corrected chi connectivity index (χ0v) is 34.9. The lowest BCUT2D eigenvalue weighted by atomic mass is 9.38. The van der Waals surface area contributed by atoms with Crippen LogP contribution in [-0.2, 0) is 23.9 Å². The quantitative estimate of drug-likeness (QED) is 0.191. The molecule has 1 aromatic heterocycles. The Bertz CT molecular complexity index is 2180. The number of benzene rings is 2. The van der Waals surface area contributed by atoms with E-state index in [0.717, 1.165) is 30.1 Å². The van der Waals surface area contributed by atoms with Gasteiger partial charge in [-0.2, -0.15) is 0 Å². The van der Waals surface area contributed by atoms with Gasteiger partial charge in [-0.3, -0.25) is 14.4 Å². The van der Waals surface area contributed by atoms with E-state index in [0.29, 0.717) is 18.4 Å². The molecule has 0 radical (unpaired) electrons. The van der Waals surface area contributed by atoms with Gasteiger partial charge < -0.3 is 28.8 Å². The Labute approximate surface area is 338 Å². The van der Waals surface area contributed by atoms with Crippen LogP contribution in [0.4, 0.5) is 11.4 Å². The number of carbonyl (C=O) groups excluding carboxylic acids is 3. The fraction of sp³-hybridized carbons (Fsp3) is 0.489. The van der Waals surface area contributed by atoms with Crippen molar-refractivity contribution in [2.24, 2.45) is 27.6 Å². The summed E-state index contributed by atoms with van der Waals surface area (Å²) in [5, 5.41) is 12.3. The monoisotopic (exact) mass is 798 g/mol. The number of carbonyl (C=O) groups is 3. The summed E-state index contributed by atoms with van der Waals surface area (Å²) in [5.74, 6) is -1.84. The van der Waals surface area contributed by atoms with Crippen molar-refractivity contribution in [2.75, 3.05) is 32.1 Å². The van der Waals surface area contributed by atoms with Crippen LogP contribution in [0.2, 0.25) is 5.02 Å². The molecule has 4 aliphatic carbocycles. The summed E-state index contributed by atoms with van der Waals surface area (Å²) in [5.41, 5.74) is -0.544. The Kier molecular flexibility index (Phi) is 9.31. The van der Waals surface area contributed by atoms with Crippen LogP contribution in [0.3, 0.4) is 0 Å². The van der Waals surface area contributed by atoms with E-state index in [1.165, 1.54) is 28.1 Å². The fourth-order valence-corrected chi connectivity index (χ4v) is 13.1. The Morgan fingerprint density at radius 2 is 1.79 bits per heavy atom. The van der Waals surface area contributed by atoms with E-state index in [2.05, 4.69) is 67.2 Å². The first-order chi connectivity index (χ1) is 26.4. The number of epoxide rings is 1. The summed E-state index contributed by atoms with van der Waals surface area (Å²) < 4.78 is 17.9. The Hall–Kier alpha value is -3.83. The first-order valence-electron chi connectivity index (χ1n) is 19.5. The minimum absolute atomic E-state index is 0.0453. The van der Waals surface area contributed by atoms with Gasteiger partial charge in [-0.15, -0.1) is 0 Å². The van der Waals surface area contributed by atoms with Crippen LogP contribution in [0.5, 0.6) is 0 Å². The molecule has 3 aromatic rings. The highest BCUT2D eigenvalue weighted by Crippen LogP contribution is 2.81. The first-order valence-corrected chi connectivity index (χ1v) is 20.7. The molecular weight excluding hydrogens is 748 g/mol. The van der Waals surface area contributed by atoms with Crippen molar-refractivity contribution < 1.29 is 33.4 Å². The number of rotatable bonds is 6. The lowest BCUT2D eigenvalue weighted by Crippen LogP contribution is -2.70. The Morgan fingerprint density at radius 3 is 2.48 bits per heavy atom. The molecule has 9 rings (SSSR count). The second kappa shape index (κ2) is 13.4. The second-order valence-corrected chi connectivity index (χ2v) is 19.3. The summed E-state index contributed by atoms with van der Waals surface area (Å²) in [6, 6.07) is 16.7. The third-order valence-electron chi connectivity index (χ3n) is 14.0. The number of hydrogen-bond donors (Lipinski definition) is 1. The van der Waals surface area contributed by atoms with Crippen molar-refractivity contribution in [3.05, 3.63) is 95.1 Å². The SMILES string of the molecule is CC(=O)OC1CC2(C)C(c3ccoc3)CC3OC32C2(C)C(=O)C(O)=C3C(C)(C)C(=O)C=CC3(C)C12.CN(C)CCCN1c2ccccc2Sc2ccc(Cl)cc21. The van der Waals surface area contributed by atoms with Gasteiger partial charge in [-0.25, -0.2) is 0 Å². The Morgan fingerprint density at radius 1 is 1.05 bits per heavy atom. The Balaban J connectivity index is 0.000000179. The number of aliphatic hydroxyl groups excluding tert-OH is 1. The largest absolute Gasteiger partial charge is 0.504 e. The number of halogens is 1. The van der Waals surface area contributed by atoms with Crippen molar-refractivity contribution in [3.63, 3.8) is 0 Å². The third kappa shape index (κ3) is 5.45. The second-order valence-electron chi connectivity index (χ2n) is 17.8. The molecular formula is C45H51ClN2O7S. The summed E-state index contributed by atoms with van der Waals surface area (Å²) in [4.78, 5) is 46.8. The molecule has 3 fully saturated rings. The number of esters is 1. The molecule has 0 bridgehead atoms. The van der Waals surface area contributed by atoms with Crippen LogP contribution in [0.15, 0.2) is 98.7 Å². The lowest BCUT2D eigenvalue weighted by Gasteiger charge is -2.64. The smallest absolute Gasteiger partial charge is 0.302 e. The van der Waals surface area contributed by atoms with Gasteiger partial charge in [0.25, 0.3) is 0 Å². The number of aliphatic hydroxyl groups is 1. The first kappa shape index (κ1) is 39.0. The summed E-state index contributed by atoms with van der Waals surface area (Å²) >= 11 is 8.03. The summed E-state index contributed by atoms with van der Waals surface area (Å²) in [7, 11) is 4.23. The van der Waals surface area contributed by atoms with Gasteiger partial charge in [-0.05, 0) is 120 Å². The summed E-state index contributed by atoms with van der Waals surface area (Å²) in [6.07, 6.45) is 8.30. The van der Waals surface area contributed by atoms with E-state index in [9.17, 15) is 19.5 Å². The van der Waals surface area contributed by atoms with Gasteiger partial charge in [0.05, 0.1) is 40.8 Å². The molecule has 6 aliphatic rings. The maximum absolute atomic E-state index is 14.3. The third-order valence-corrected chi connectivity index (χ3v) is 15.3. The number of para-hydroxylation sites is 1. The zero-order chi connectivity index (χ0) is 40.2. The molecule has 2 aromatic carbocycles. The molecule has 296 valence electrons. The fourth-order valence-electron chi connectivity index (χ4n) is 11.8. The van der Waals surface area contributed by atoms with Gasteiger partial charge in [0.15, 0.2) is 11.5 Å². The van der Waals surface area contributed by atoms with Gasteiger partial charge in [0.2, 0.25) is 5.78 Å². The van der Waals surface area contributed by atoms with Crippen molar-refractivity contribution in [1.29, 1.82) is 0 Å². The topological polar surface area (TPSA) is 113 Å². The standard InChI is InChI=1S/C28H32O7.C17H19ClN2S/c1-14(29)34-17-12-26(5)16(15-8-10-33-13-15)11-19-28(26,35-19)27(6)21(17)25(4)9-7-18(30)24(2,3)22(25)20(31)23(27)32;1-19(2)10-5-11-20-14-6-3-4-7-16(14)21-17-9-8-13(18)12-15(17)20/h7-10,13,16-17,19,21,31H,11-12H2,1-6H3;3-4,6-9,12H,5,10-11H2,1-2H3. The molecule has 56 heavy (non-hydrogen) atoms. The molecule has 1 spiro atoms. The van der Waals surface area contributed by atoms with Crippen molar-refractivity contribution in [2.45, 2.75) is 94.3 Å². The highest BCUT2D eigenvalue weighted by molar-refractivity contribution is 7.99. The predicted octanol–water partition coefficient (Wildman–Crippen LogP) is 9.33. The number of Topliss-reactive ketones (excluding diaryl/α,β-unsaturated/α-hetero) is 1. The molecule has 1 saturated heterocycles. The van der Waals surface area contributed by atoms with Crippen LogP contribution in [0.1, 0.15) is 72.3 Å². The minimum Gasteiger partial charge on any atom is -0.504 e. The maximum Gasteiger partial charge on any atom is 0.302 e. The average molecular weight is 799 g/mol. The number of furan rings is 1. The van der Waals surface area contributed by atoms with Gasteiger partial charge in [-0.1, -0.05) is 55.4 Å². The van der Waals surface area contributed by atoms with Crippen LogP contribution in [0.25, 0.3) is 0 Å². The van der Waals surface area contributed by atoms with E-state index in [1.54, 1.807) is 38.5 Å². The number of ketones is 2. The molecule has 1 N–H and O–H groups in total. The zero-order valence-electron chi connectivity index (χ0n) is 33.4. The van der Waals surface area contributed by atoms with Crippen molar-refractivity contribution in [1.82, 2.24) is 4.90 Å². The highest BCUT2D eigenvalue weighted by Gasteiger charge is 2.89. The molecule has 0 amide bonds. The van der Waals surface area contributed by atoms with Gasteiger partial charge in [0.1, 0.15) is 11.7 Å². The highest BCUT2D eigenvalue weighted by atomic mass is 35.5. The number of anilines is 2. The van der Waals surface area contributed by atoms with Crippen LogP contribution < -0.4 is 4.90 Å². The molecule has 2 aliphatic heterocycles. The van der Waals surface area contributed by atoms with E-state index in [-0.39, 0.29) is 23.6 Å². The van der Waals surface area contributed by atoms with Gasteiger partial charge >= 0.3 is 5.97 Å². The normalized spacial score (nSPS) is 34.4. The number of nitrogens with zero attached hydrogens (tertiary/aromatic N) is 2. The van der Waals surface area contributed by atoms with E-state index in [1.807, 2.05) is 37.7 Å². The molecule has 9 nitrogen and oxygen atoms in total. The molecule has 8 atom stereocenters. The lowest BCUT2D eigenvalue weighted by molar-refractivity contribution is -0.200. The molecule has 2 saturated carbocycles. The number of hydrogen-bond acceptors (Lipinski definition) is 10. The van der Waals surface area contributed by atoms with Crippen LogP contribution in [0, 0.1) is 27.6 Å². The van der Waals surface area contributed by atoms with E-state index in [4.69, 9.17) is 25.5 Å². The number of allylic oxidation sites excluding steroid dienone is 4.